The Morgan fingerprint density at radius 3 is 2.39 bits per heavy atom. The number of Topliss-reactive ketones (excluding diaryl/α,β-unsaturated/α-hetero) is 1. The SMILES string of the molecule is CCc1cc2c(cc1N1CCC(CC)(N3CCOCC3)CC1)C(C)(C)C1=C(C2=O)c2ccc(C#N)cc2C1. The summed E-state index contributed by atoms with van der Waals surface area (Å²) < 4.78 is 5.65. The Kier molecular flexibility index (Phi) is 6.24. The molecule has 38 heavy (non-hydrogen) atoms. The number of ketones is 1. The number of morpholine rings is 1. The molecule has 2 aromatic rings. The lowest BCUT2D eigenvalue weighted by atomic mass is 9.68. The third-order valence-corrected chi connectivity index (χ3v) is 10.0. The number of piperidine rings is 1. The maximum absolute atomic E-state index is 14.0. The van der Waals surface area contributed by atoms with Crippen molar-refractivity contribution in [2.45, 2.75) is 70.8 Å². The summed E-state index contributed by atoms with van der Waals surface area (Å²) in [6.45, 7) is 15.0. The van der Waals surface area contributed by atoms with E-state index in [2.05, 4.69) is 55.7 Å². The quantitative estimate of drug-likeness (QED) is 0.530. The minimum absolute atomic E-state index is 0.148. The fourth-order valence-electron chi connectivity index (χ4n) is 7.60. The van der Waals surface area contributed by atoms with Gasteiger partial charge in [-0.2, -0.15) is 5.26 Å². The molecule has 4 aliphatic rings. The predicted molar refractivity (Wildman–Crippen MR) is 152 cm³/mol. The number of aryl methyl sites for hydroxylation is 1. The van der Waals surface area contributed by atoms with Crippen molar-refractivity contribution in [3.05, 3.63) is 69.3 Å². The molecule has 0 bridgehead atoms. The number of hydrogen-bond donors (Lipinski definition) is 0. The van der Waals surface area contributed by atoms with Crippen LogP contribution >= 0.6 is 0 Å². The molecule has 2 saturated heterocycles. The Labute approximate surface area is 227 Å². The molecule has 5 nitrogen and oxygen atoms in total. The second-order valence-corrected chi connectivity index (χ2v) is 12.0. The minimum atomic E-state index is -0.248. The Morgan fingerprint density at radius 1 is 1.00 bits per heavy atom. The number of fused-ring (bicyclic) bond motifs is 3. The summed E-state index contributed by atoms with van der Waals surface area (Å²) in [4.78, 5) is 19.3. The van der Waals surface area contributed by atoms with E-state index < -0.39 is 0 Å². The lowest BCUT2D eigenvalue weighted by Gasteiger charge is -2.50. The number of benzene rings is 2. The summed E-state index contributed by atoms with van der Waals surface area (Å²) in [6.07, 6.45) is 5.16. The molecule has 0 saturated carbocycles. The molecular formula is C33H39N3O2. The number of allylic oxidation sites excluding steroid dienone is 2. The number of nitrogens with zero attached hydrogens (tertiary/aromatic N) is 3. The van der Waals surface area contributed by atoms with Gasteiger partial charge in [0, 0.05) is 54.0 Å². The van der Waals surface area contributed by atoms with Crippen molar-refractivity contribution in [3.8, 4) is 6.07 Å². The van der Waals surface area contributed by atoms with Crippen LogP contribution in [0.2, 0.25) is 0 Å². The number of carbonyl (C=O) groups is 1. The van der Waals surface area contributed by atoms with Crippen LogP contribution in [-0.2, 0) is 23.0 Å². The molecule has 0 unspecified atom stereocenters. The lowest BCUT2D eigenvalue weighted by Crippen LogP contribution is -2.58. The van der Waals surface area contributed by atoms with Gasteiger partial charge in [-0.3, -0.25) is 9.69 Å². The van der Waals surface area contributed by atoms with E-state index in [1.807, 2.05) is 18.2 Å². The number of rotatable bonds is 4. The van der Waals surface area contributed by atoms with Gasteiger partial charge in [0.15, 0.2) is 5.78 Å². The first-order chi connectivity index (χ1) is 18.3. The van der Waals surface area contributed by atoms with Crippen molar-refractivity contribution in [1.82, 2.24) is 4.90 Å². The molecule has 2 aliphatic heterocycles. The molecule has 198 valence electrons. The van der Waals surface area contributed by atoms with Crippen LogP contribution in [0.15, 0.2) is 35.9 Å². The van der Waals surface area contributed by atoms with Crippen LogP contribution < -0.4 is 4.90 Å². The van der Waals surface area contributed by atoms with Crippen LogP contribution in [0.3, 0.4) is 0 Å². The normalized spacial score (nSPS) is 22.1. The fourth-order valence-corrected chi connectivity index (χ4v) is 7.60. The maximum Gasteiger partial charge on any atom is 0.193 e. The highest BCUT2D eigenvalue weighted by atomic mass is 16.5. The average molecular weight is 510 g/mol. The molecule has 0 spiro atoms. The molecule has 2 aliphatic carbocycles. The summed E-state index contributed by atoms with van der Waals surface area (Å²) >= 11 is 0. The summed E-state index contributed by atoms with van der Waals surface area (Å²) in [5.74, 6) is 0.148. The van der Waals surface area contributed by atoms with Gasteiger partial charge in [-0.15, -0.1) is 0 Å². The van der Waals surface area contributed by atoms with E-state index in [0.29, 0.717) is 5.56 Å². The van der Waals surface area contributed by atoms with Gasteiger partial charge in [-0.1, -0.05) is 33.8 Å². The molecule has 6 rings (SSSR count). The predicted octanol–water partition coefficient (Wildman–Crippen LogP) is 5.69. The minimum Gasteiger partial charge on any atom is -0.379 e. The van der Waals surface area contributed by atoms with E-state index in [-0.39, 0.29) is 16.7 Å². The Bertz CT molecular complexity index is 1370. The number of carbonyl (C=O) groups excluding carboxylic acids is 1. The smallest absolute Gasteiger partial charge is 0.193 e. The van der Waals surface area contributed by atoms with Gasteiger partial charge >= 0.3 is 0 Å². The lowest BCUT2D eigenvalue weighted by molar-refractivity contribution is -0.0340. The van der Waals surface area contributed by atoms with Crippen molar-refractivity contribution in [2.75, 3.05) is 44.3 Å². The fraction of sp³-hybridized carbons (Fsp3) is 0.515. The van der Waals surface area contributed by atoms with Gasteiger partial charge in [0.1, 0.15) is 0 Å². The van der Waals surface area contributed by atoms with Crippen LogP contribution in [0.1, 0.15) is 85.1 Å². The molecule has 0 radical (unpaired) electrons. The van der Waals surface area contributed by atoms with Crippen LogP contribution in [-0.4, -0.2) is 55.6 Å². The van der Waals surface area contributed by atoms with Crippen molar-refractivity contribution in [3.63, 3.8) is 0 Å². The van der Waals surface area contributed by atoms with E-state index in [1.165, 1.54) is 23.2 Å². The van der Waals surface area contributed by atoms with Gasteiger partial charge in [0.25, 0.3) is 0 Å². The van der Waals surface area contributed by atoms with E-state index >= 15 is 0 Å². The first-order valence-corrected chi connectivity index (χ1v) is 14.4. The number of anilines is 1. The number of nitriles is 1. The molecular weight excluding hydrogens is 470 g/mol. The van der Waals surface area contributed by atoms with E-state index in [9.17, 15) is 10.1 Å². The highest BCUT2D eigenvalue weighted by Gasteiger charge is 2.44. The molecule has 0 N–H and O–H groups in total. The largest absolute Gasteiger partial charge is 0.379 e. The van der Waals surface area contributed by atoms with Gasteiger partial charge in [-0.25, -0.2) is 0 Å². The van der Waals surface area contributed by atoms with Crippen molar-refractivity contribution in [1.29, 1.82) is 5.26 Å². The van der Waals surface area contributed by atoms with Crippen LogP contribution in [0, 0.1) is 11.3 Å². The zero-order valence-electron chi connectivity index (χ0n) is 23.3. The van der Waals surface area contributed by atoms with E-state index in [4.69, 9.17) is 4.74 Å². The van der Waals surface area contributed by atoms with Gasteiger partial charge in [-0.05, 0) is 84.2 Å². The van der Waals surface area contributed by atoms with Crippen molar-refractivity contribution < 1.29 is 9.53 Å². The van der Waals surface area contributed by atoms with Crippen LogP contribution in [0.5, 0.6) is 0 Å². The van der Waals surface area contributed by atoms with Crippen LogP contribution in [0.25, 0.3) is 5.57 Å². The van der Waals surface area contributed by atoms with Gasteiger partial charge in [0.05, 0.1) is 24.8 Å². The zero-order chi connectivity index (χ0) is 26.7. The summed E-state index contributed by atoms with van der Waals surface area (Å²) in [5.41, 5.74) is 9.47. The Hall–Kier alpha value is -2.94. The summed E-state index contributed by atoms with van der Waals surface area (Å²) in [5, 5.41) is 9.41. The molecule has 2 fully saturated rings. The number of hydrogen-bond acceptors (Lipinski definition) is 5. The summed E-state index contributed by atoms with van der Waals surface area (Å²) in [7, 11) is 0. The Morgan fingerprint density at radius 2 is 1.74 bits per heavy atom. The first-order valence-electron chi connectivity index (χ1n) is 14.4. The van der Waals surface area contributed by atoms with E-state index in [0.717, 1.165) is 92.9 Å². The standard InChI is InChI=1S/C33H39N3O2/c1-5-23-18-26-27(20-29(23)35-11-9-33(6-2,10-12-35)36-13-15-38-16-14-36)32(3,4)28-19-24-17-22(21-34)7-8-25(24)30(28)31(26)37/h7-8,17-18,20H,5-6,9-16,19H2,1-4H3. The van der Waals surface area contributed by atoms with E-state index in [1.54, 1.807) is 0 Å². The second-order valence-electron chi connectivity index (χ2n) is 12.0. The monoisotopic (exact) mass is 509 g/mol. The molecule has 0 atom stereocenters. The van der Waals surface area contributed by atoms with Crippen molar-refractivity contribution in [2.24, 2.45) is 0 Å². The first kappa shape index (κ1) is 25.3. The molecule has 2 heterocycles. The average Bonchev–Trinajstić information content (AvgIpc) is 3.36. The topological polar surface area (TPSA) is 56.6 Å². The molecule has 2 aromatic carbocycles. The highest BCUT2D eigenvalue weighted by Crippen LogP contribution is 2.51. The zero-order valence-corrected chi connectivity index (χ0v) is 23.3. The van der Waals surface area contributed by atoms with Gasteiger partial charge in [0.2, 0.25) is 0 Å². The Balaban J connectivity index is 1.34. The molecule has 5 heteroatoms. The third kappa shape index (κ3) is 3.76. The molecule has 0 aromatic heterocycles. The molecule has 0 amide bonds. The maximum atomic E-state index is 14.0. The highest BCUT2D eigenvalue weighted by molar-refractivity contribution is 6.33. The number of ether oxygens (including phenoxy) is 1. The van der Waals surface area contributed by atoms with Crippen LogP contribution in [0.4, 0.5) is 5.69 Å². The van der Waals surface area contributed by atoms with Gasteiger partial charge < -0.3 is 9.64 Å². The second kappa shape index (κ2) is 9.36. The third-order valence-electron chi connectivity index (χ3n) is 10.0. The van der Waals surface area contributed by atoms with Crippen molar-refractivity contribution >= 4 is 17.0 Å². The summed E-state index contributed by atoms with van der Waals surface area (Å²) in [6, 6.07) is 12.6.